The number of ether oxygens (including phenoxy) is 2. The summed E-state index contributed by atoms with van der Waals surface area (Å²) in [7, 11) is 1.34. The Morgan fingerprint density at radius 3 is 3.00 bits per heavy atom. The summed E-state index contributed by atoms with van der Waals surface area (Å²) in [5.74, 6) is 0.0619. The van der Waals surface area contributed by atoms with Gasteiger partial charge >= 0.3 is 5.97 Å². The summed E-state index contributed by atoms with van der Waals surface area (Å²) in [6.07, 6.45) is 3.23. The Balaban J connectivity index is 2.65. The van der Waals surface area contributed by atoms with Crippen molar-refractivity contribution in [3.8, 4) is 5.75 Å². The molecule has 0 spiro atoms. The number of methoxy groups -OCH3 is 1. The number of hydrogen-bond donors (Lipinski definition) is 0. The molecule has 0 radical (unpaired) electrons. The van der Waals surface area contributed by atoms with Crippen LogP contribution in [0.25, 0.3) is 5.52 Å². The normalized spacial score (nSPS) is 10.4. The van der Waals surface area contributed by atoms with Crippen LogP contribution in [0.15, 0.2) is 24.7 Å². The predicted molar refractivity (Wildman–Crippen MR) is 57.7 cm³/mol. The van der Waals surface area contributed by atoms with Gasteiger partial charge in [-0.1, -0.05) is 0 Å². The van der Waals surface area contributed by atoms with E-state index in [1.807, 2.05) is 13.0 Å². The number of esters is 1. The third-order valence-corrected chi connectivity index (χ3v) is 2.23. The van der Waals surface area contributed by atoms with Crippen molar-refractivity contribution in [1.82, 2.24) is 9.38 Å². The first-order chi connectivity index (χ1) is 7.77. The van der Waals surface area contributed by atoms with Crippen molar-refractivity contribution in [2.45, 2.75) is 6.92 Å². The van der Waals surface area contributed by atoms with Crippen LogP contribution in [0.4, 0.5) is 0 Å². The largest absolute Gasteiger partial charge is 0.491 e. The van der Waals surface area contributed by atoms with E-state index in [9.17, 15) is 4.79 Å². The second-order valence-corrected chi connectivity index (χ2v) is 3.16. The van der Waals surface area contributed by atoms with Crippen molar-refractivity contribution >= 4 is 11.5 Å². The van der Waals surface area contributed by atoms with Crippen LogP contribution in [0, 0.1) is 0 Å². The number of carbonyl (C=O) groups is 1. The third kappa shape index (κ3) is 1.60. The first-order valence-electron chi connectivity index (χ1n) is 4.94. The van der Waals surface area contributed by atoms with Gasteiger partial charge < -0.3 is 9.47 Å². The maximum Gasteiger partial charge on any atom is 0.358 e. The second-order valence-electron chi connectivity index (χ2n) is 3.16. The Morgan fingerprint density at radius 1 is 1.50 bits per heavy atom. The third-order valence-electron chi connectivity index (χ3n) is 2.23. The molecule has 84 valence electrons. The number of carbonyl (C=O) groups excluding carboxylic acids is 1. The van der Waals surface area contributed by atoms with E-state index in [0.717, 1.165) is 5.52 Å². The van der Waals surface area contributed by atoms with Crippen LogP contribution in [0.2, 0.25) is 0 Å². The van der Waals surface area contributed by atoms with Crippen LogP contribution < -0.4 is 4.74 Å². The highest BCUT2D eigenvalue weighted by atomic mass is 16.5. The summed E-state index contributed by atoms with van der Waals surface area (Å²) in [5, 5.41) is 0. The van der Waals surface area contributed by atoms with E-state index in [2.05, 4.69) is 4.98 Å². The smallest absolute Gasteiger partial charge is 0.358 e. The van der Waals surface area contributed by atoms with Crippen molar-refractivity contribution in [3.63, 3.8) is 0 Å². The number of pyridine rings is 1. The zero-order valence-electron chi connectivity index (χ0n) is 9.14. The molecule has 0 fully saturated rings. The minimum Gasteiger partial charge on any atom is -0.491 e. The van der Waals surface area contributed by atoms with Gasteiger partial charge in [0, 0.05) is 0 Å². The molecule has 0 aliphatic heterocycles. The van der Waals surface area contributed by atoms with Crippen LogP contribution in [0.5, 0.6) is 5.75 Å². The highest BCUT2D eigenvalue weighted by Gasteiger charge is 2.17. The molecule has 2 aromatic heterocycles. The molecule has 0 bridgehead atoms. The first kappa shape index (κ1) is 10.5. The topological polar surface area (TPSA) is 52.8 Å². The molecule has 0 aliphatic rings. The summed E-state index contributed by atoms with van der Waals surface area (Å²) in [6, 6.07) is 3.58. The van der Waals surface area contributed by atoms with Gasteiger partial charge in [-0.25, -0.2) is 9.78 Å². The fourth-order valence-electron chi connectivity index (χ4n) is 1.54. The van der Waals surface area contributed by atoms with E-state index < -0.39 is 5.97 Å². The Labute approximate surface area is 92.6 Å². The molecule has 0 N–H and O–H groups in total. The summed E-state index contributed by atoms with van der Waals surface area (Å²) >= 11 is 0. The zero-order chi connectivity index (χ0) is 11.5. The maximum atomic E-state index is 11.7. The van der Waals surface area contributed by atoms with Gasteiger partial charge in [-0.15, -0.1) is 0 Å². The molecule has 16 heavy (non-hydrogen) atoms. The van der Waals surface area contributed by atoms with Crippen molar-refractivity contribution in [2.75, 3.05) is 13.7 Å². The maximum absolute atomic E-state index is 11.7. The molecule has 0 aliphatic carbocycles. The molecule has 0 amide bonds. The molecular weight excluding hydrogens is 208 g/mol. The fourth-order valence-corrected chi connectivity index (χ4v) is 1.54. The second kappa shape index (κ2) is 4.22. The lowest BCUT2D eigenvalue weighted by atomic mass is 10.3. The van der Waals surface area contributed by atoms with E-state index in [-0.39, 0.29) is 0 Å². The number of aromatic nitrogens is 2. The van der Waals surface area contributed by atoms with Crippen LogP contribution in [0.3, 0.4) is 0 Å². The quantitative estimate of drug-likeness (QED) is 0.736. The van der Waals surface area contributed by atoms with Crippen molar-refractivity contribution in [1.29, 1.82) is 0 Å². The van der Waals surface area contributed by atoms with Gasteiger partial charge in [0.25, 0.3) is 0 Å². The van der Waals surface area contributed by atoms with Crippen molar-refractivity contribution in [3.05, 3.63) is 30.4 Å². The molecule has 2 rings (SSSR count). The lowest BCUT2D eigenvalue weighted by Crippen LogP contribution is -2.10. The van der Waals surface area contributed by atoms with E-state index in [1.54, 1.807) is 23.0 Å². The fraction of sp³-hybridized carbons (Fsp3) is 0.273. The molecule has 2 aromatic rings. The van der Waals surface area contributed by atoms with Gasteiger partial charge in [0.2, 0.25) is 0 Å². The molecule has 0 atom stereocenters. The van der Waals surface area contributed by atoms with Crippen LogP contribution in [-0.4, -0.2) is 29.1 Å². The van der Waals surface area contributed by atoms with E-state index >= 15 is 0 Å². The lowest BCUT2D eigenvalue weighted by molar-refractivity contribution is 0.0587. The van der Waals surface area contributed by atoms with Gasteiger partial charge in [-0.3, -0.25) is 4.40 Å². The van der Waals surface area contributed by atoms with Gasteiger partial charge in [-0.2, -0.15) is 0 Å². The van der Waals surface area contributed by atoms with E-state index in [1.165, 1.54) is 7.11 Å². The Kier molecular flexibility index (Phi) is 2.76. The van der Waals surface area contributed by atoms with E-state index in [4.69, 9.17) is 9.47 Å². The predicted octanol–water partition coefficient (Wildman–Crippen LogP) is 1.52. The molecular formula is C11H12N2O3. The molecule has 0 saturated carbocycles. The average Bonchev–Trinajstić information content (AvgIpc) is 2.76. The number of imidazole rings is 1. The van der Waals surface area contributed by atoms with Crippen LogP contribution >= 0.6 is 0 Å². The van der Waals surface area contributed by atoms with Crippen molar-refractivity contribution < 1.29 is 14.3 Å². The summed E-state index contributed by atoms with van der Waals surface area (Å²) < 4.78 is 11.8. The molecule has 0 saturated heterocycles. The summed E-state index contributed by atoms with van der Waals surface area (Å²) in [4.78, 5) is 15.6. The highest BCUT2D eigenvalue weighted by molar-refractivity contribution is 5.91. The standard InChI is InChI=1S/C11H12N2O3/c1-3-16-9-5-4-8-6-12-7-13(8)10(9)11(14)15-2/h4-7H,3H2,1-2H3. The number of nitrogens with zero attached hydrogens (tertiary/aromatic N) is 2. The number of hydrogen-bond acceptors (Lipinski definition) is 4. The van der Waals surface area contributed by atoms with Gasteiger partial charge in [0.1, 0.15) is 0 Å². The van der Waals surface area contributed by atoms with Gasteiger partial charge in [0.05, 0.1) is 31.8 Å². The number of fused-ring (bicyclic) bond motifs is 1. The minimum atomic E-state index is -0.438. The Morgan fingerprint density at radius 2 is 2.31 bits per heavy atom. The molecule has 0 aromatic carbocycles. The Hall–Kier alpha value is -2.04. The van der Waals surface area contributed by atoms with Crippen LogP contribution in [0.1, 0.15) is 17.4 Å². The molecule has 5 heteroatoms. The summed E-state index contributed by atoms with van der Waals surface area (Å²) in [6.45, 7) is 2.35. The molecule has 5 nitrogen and oxygen atoms in total. The monoisotopic (exact) mass is 220 g/mol. The lowest BCUT2D eigenvalue weighted by Gasteiger charge is -2.10. The highest BCUT2D eigenvalue weighted by Crippen LogP contribution is 2.21. The van der Waals surface area contributed by atoms with Crippen molar-refractivity contribution in [2.24, 2.45) is 0 Å². The minimum absolute atomic E-state index is 0.361. The molecule has 0 unspecified atom stereocenters. The van der Waals surface area contributed by atoms with E-state index in [0.29, 0.717) is 18.1 Å². The van der Waals surface area contributed by atoms with Gasteiger partial charge in [-0.05, 0) is 19.1 Å². The molecule has 2 heterocycles. The average molecular weight is 220 g/mol. The first-order valence-corrected chi connectivity index (χ1v) is 4.94. The summed E-state index contributed by atoms with van der Waals surface area (Å²) in [5.41, 5.74) is 1.18. The van der Waals surface area contributed by atoms with Crippen LogP contribution in [-0.2, 0) is 4.74 Å². The Bertz CT molecular complexity index is 519. The van der Waals surface area contributed by atoms with Gasteiger partial charge in [0.15, 0.2) is 11.4 Å². The number of rotatable bonds is 3. The zero-order valence-corrected chi connectivity index (χ0v) is 9.14. The SMILES string of the molecule is CCOc1ccc2cncn2c1C(=O)OC.